The molecule has 0 radical (unpaired) electrons. The molecule has 6 nitrogen and oxygen atoms in total. The van der Waals surface area contributed by atoms with Gasteiger partial charge >= 0.3 is 5.97 Å². The number of aromatic hydroxyl groups is 1. The average molecular weight is 451 g/mol. The van der Waals surface area contributed by atoms with Crippen LogP contribution in [0.5, 0.6) is 5.75 Å². The molecule has 20 heavy (non-hydrogen) atoms. The number of carboxylic acid groups (broad SMARTS) is 1. The van der Waals surface area contributed by atoms with Crippen molar-refractivity contribution in [1.29, 1.82) is 0 Å². The molecule has 0 saturated carbocycles. The Morgan fingerprint density at radius 2 is 2.10 bits per heavy atom. The van der Waals surface area contributed by atoms with Gasteiger partial charge < -0.3 is 15.5 Å². The van der Waals surface area contributed by atoms with E-state index in [0.717, 1.165) is 3.57 Å². The Kier molecular flexibility index (Phi) is 4.43. The van der Waals surface area contributed by atoms with Gasteiger partial charge in [0.05, 0.1) is 0 Å². The second kappa shape index (κ2) is 5.92. The van der Waals surface area contributed by atoms with Crippen LogP contribution < -0.4 is 5.32 Å². The highest BCUT2D eigenvalue weighted by Crippen LogP contribution is 2.35. The molecule has 1 aromatic carbocycles. The van der Waals surface area contributed by atoms with Gasteiger partial charge in [-0.3, -0.25) is 9.59 Å². The molecular weight excluding hydrogens is 443 g/mol. The number of nitrogens with one attached hydrogen (secondary N) is 1. The van der Waals surface area contributed by atoms with Crippen molar-refractivity contribution in [3.8, 4) is 5.75 Å². The maximum Gasteiger partial charge on any atom is 0.322 e. The fourth-order valence-corrected chi connectivity index (χ4v) is 2.93. The number of carbonyl (C=O) groups is 2. The maximum atomic E-state index is 11.9. The van der Waals surface area contributed by atoms with Gasteiger partial charge in [0, 0.05) is 14.3 Å². The Morgan fingerprint density at radius 1 is 1.40 bits per heavy atom. The quantitative estimate of drug-likeness (QED) is 0.491. The second-order valence-corrected chi connectivity index (χ2v) is 5.75. The summed E-state index contributed by atoms with van der Waals surface area (Å²) < 4.78 is 1.16. The summed E-state index contributed by atoms with van der Waals surface area (Å²) in [5, 5.41) is 22.1. The number of aromatic nitrogens is 1. The third-order valence-electron chi connectivity index (χ3n) is 2.52. The first kappa shape index (κ1) is 15.0. The molecule has 2 rings (SSSR count). The molecule has 1 heterocycles. The van der Waals surface area contributed by atoms with Crippen LogP contribution in [0.1, 0.15) is 10.5 Å². The van der Waals surface area contributed by atoms with E-state index < -0.39 is 18.4 Å². The van der Waals surface area contributed by atoms with E-state index in [9.17, 15) is 14.7 Å². The molecule has 0 aliphatic heterocycles. The number of pyridine rings is 1. The van der Waals surface area contributed by atoms with Gasteiger partial charge in [-0.1, -0.05) is 12.1 Å². The zero-order chi connectivity index (χ0) is 14.9. The number of halogens is 2. The molecule has 0 bridgehead atoms. The Labute approximate surface area is 135 Å². The van der Waals surface area contributed by atoms with Gasteiger partial charge in [0.1, 0.15) is 11.1 Å². The molecule has 1 amide bonds. The summed E-state index contributed by atoms with van der Waals surface area (Å²) in [6.45, 7) is -0.540. The van der Waals surface area contributed by atoms with Crippen molar-refractivity contribution < 1.29 is 19.8 Å². The van der Waals surface area contributed by atoms with Gasteiger partial charge in [-0.2, -0.15) is 0 Å². The lowest BCUT2D eigenvalue weighted by Crippen LogP contribution is -2.30. The van der Waals surface area contributed by atoms with Gasteiger partial charge in [0.15, 0.2) is 11.4 Å². The normalized spacial score (nSPS) is 10.5. The van der Waals surface area contributed by atoms with E-state index >= 15 is 0 Å². The van der Waals surface area contributed by atoms with E-state index in [1.54, 1.807) is 18.2 Å². The monoisotopic (exact) mass is 450 g/mol. The smallest absolute Gasteiger partial charge is 0.322 e. The van der Waals surface area contributed by atoms with Crippen LogP contribution in [0.3, 0.4) is 0 Å². The van der Waals surface area contributed by atoms with E-state index in [4.69, 9.17) is 5.11 Å². The van der Waals surface area contributed by atoms with Crippen molar-refractivity contribution in [1.82, 2.24) is 10.3 Å². The van der Waals surface area contributed by atoms with E-state index in [1.807, 2.05) is 22.6 Å². The number of hydrogen-bond acceptors (Lipinski definition) is 4. The van der Waals surface area contributed by atoms with Crippen LogP contribution in [-0.4, -0.2) is 33.6 Å². The molecule has 0 fully saturated rings. The number of carboxylic acids is 1. The predicted octanol–water partition coefficient (Wildman–Crippen LogP) is 2.12. The van der Waals surface area contributed by atoms with E-state index in [2.05, 4.69) is 26.2 Å². The van der Waals surface area contributed by atoms with Crippen LogP contribution in [-0.2, 0) is 4.79 Å². The molecule has 3 N–H and O–H groups in total. The van der Waals surface area contributed by atoms with Crippen LogP contribution in [0.25, 0.3) is 10.8 Å². The summed E-state index contributed by atoms with van der Waals surface area (Å²) >= 11 is 5.28. The lowest BCUT2D eigenvalue weighted by atomic mass is 10.1. The van der Waals surface area contributed by atoms with E-state index in [0.29, 0.717) is 15.4 Å². The largest absolute Gasteiger partial charge is 0.505 e. The summed E-state index contributed by atoms with van der Waals surface area (Å²) in [5.41, 5.74) is -0.213. The van der Waals surface area contributed by atoms with Crippen LogP contribution in [0.2, 0.25) is 0 Å². The number of benzene rings is 1. The first-order chi connectivity index (χ1) is 9.41. The predicted molar refractivity (Wildman–Crippen MR) is 83.8 cm³/mol. The Balaban J connectivity index is 2.55. The third-order valence-corrected chi connectivity index (χ3v) is 4.03. The molecule has 0 aliphatic rings. The second-order valence-electron chi connectivity index (χ2n) is 3.84. The van der Waals surface area contributed by atoms with Crippen LogP contribution in [0.15, 0.2) is 22.8 Å². The van der Waals surface area contributed by atoms with Crippen LogP contribution >= 0.6 is 38.5 Å². The Morgan fingerprint density at radius 3 is 2.75 bits per heavy atom. The van der Waals surface area contributed by atoms with Crippen molar-refractivity contribution in [3.63, 3.8) is 0 Å². The lowest BCUT2D eigenvalue weighted by molar-refractivity contribution is -0.135. The summed E-state index contributed by atoms with van der Waals surface area (Å²) in [6.07, 6.45) is 0. The van der Waals surface area contributed by atoms with Gasteiger partial charge in [0.2, 0.25) is 0 Å². The van der Waals surface area contributed by atoms with Crippen molar-refractivity contribution in [2.24, 2.45) is 0 Å². The maximum absolute atomic E-state index is 11.9. The molecule has 104 valence electrons. The standard InChI is InChI=1S/C12H8BrIN2O4/c13-11-5-2-1-3-6(14)8(5)10(19)9(16-11)12(20)15-4-7(17)18/h1-3,19H,4H2,(H,15,20)(H,17,18). The average Bonchev–Trinajstić information content (AvgIpc) is 2.40. The number of rotatable bonds is 3. The minimum absolute atomic E-state index is 0.213. The summed E-state index contributed by atoms with van der Waals surface area (Å²) in [5.74, 6) is -2.18. The fourth-order valence-electron chi connectivity index (χ4n) is 1.66. The summed E-state index contributed by atoms with van der Waals surface area (Å²) in [4.78, 5) is 26.3. The Hall–Kier alpha value is -1.42. The zero-order valence-corrected chi connectivity index (χ0v) is 13.6. The van der Waals surface area contributed by atoms with Gasteiger partial charge in [0.25, 0.3) is 5.91 Å². The molecule has 0 saturated heterocycles. The molecule has 0 aliphatic carbocycles. The van der Waals surface area contributed by atoms with Gasteiger partial charge in [-0.15, -0.1) is 0 Å². The molecule has 0 spiro atoms. The van der Waals surface area contributed by atoms with Gasteiger partial charge in [-0.25, -0.2) is 4.98 Å². The highest BCUT2D eigenvalue weighted by Gasteiger charge is 2.20. The Bertz CT molecular complexity index is 720. The molecule has 0 unspecified atom stereocenters. The molecule has 8 heteroatoms. The number of carbonyl (C=O) groups excluding carboxylic acids is 1. The lowest BCUT2D eigenvalue weighted by Gasteiger charge is -2.10. The van der Waals surface area contributed by atoms with Crippen molar-refractivity contribution in [2.45, 2.75) is 0 Å². The minimum Gasteiger partial charge on any atom is -0.505 e. The molecular formula is C12H8BrIN2O4. The highest BCUT2D eigenvalue weighted by molar-refractivity contribution is 14.1. The van der Waals surface area contributed by atoms with Crippen LogP contribution in [0, 0.1) is 3.57 Å². The number of aliphatic carboxylic acids is 1. The SMILES string of the molecule is O=C(O)CNC(=O)c1nc(Br)c2cccc(I)c2c1O. The van der Waals surface area contributed by atoms with E-state index in [-0.39, 0.29) is 11.4 Å². The zero-order valence-electron chi connectivity index (χ0n) is 9.85. The van der Waals surface area contributed by atoms with Crippen molar-refractivity contribution in [2.75, 3.05) is 6.54 Å². The number of hydrogen-bond donors (Lipinski definition) is 3. The number of nitrogens with zero attached hydrogens (tertiary/aromatic N) is 1. The molecule has 1 aromatic heterocycles. The number of amides is 1. The summed E-state index contributed by atoms with van der Waals surface area (Å²) in [7, 11) is 0. The van der Waals surface area contributed by atoms with Crippen LogP contribution in [0.4, 0.5) is 0 Å². The third kappa shape index (κ3) is 2.85. The highest BCUT2D eigenvalue weighted by atomic mass is 127. The van der Waals surface area contributed by atoms with E-state index in [1.165, 1.54) is 0 Å². The van der Waals surface area contributed by atoms with Crippen molar-refractivity contribution in [3.05, 3.63) is 32.1 Å². The minimum atomic E-state index is -1.17. The fraction of sp³-hybridized carbons (Fsp3) is 0.0833. The topological polar surface area (TPSA) is 99.5 Å². The summed E-state index contributed by atoms with van der Waals surface area (Å²) in [6, 6.07) is 5.35. The first-order valence-electron chi connectivity index (χ1n) is 5.38. The van der Waals surface area contributed by atoms with Gasteiger partial charge in [-0.05, 0) is 44.6 Å². The first-order valence-corrected chi connectivity index (χ1v) is 7.25. The molecule has 2 aromatic rings. The van der Waals surface area contributed by atoms with Crippen molar-refractivity contribution >= 4 is 61.2 Å². The molecule has 0 atom stereocenters. The number of fused-ring (bicyclic) bond motifs is 1.